The third-order valence-corrected chi connectivity index (χ3v) is 15.7. The van der Waals surface area contributed by atoms with Gasteiger partial charge in [-0.15, -0.1) is 11.8 Å². The molecule has 14 nitrogen and oxygen atoms in total. The van der Waals surface area contributed by atoms with Crippen LogP contribution in [0.5, 0.6) is 17.2 Å². The van der Waals surface area contributed by atoms with Crippen LogP contribution in [0.2, 0.25) is 0 Å². The molecule has 1 aliphatic carbocycles. The molecule has 304 valence electrons. The highest BCUT2D eigenvalue weighted by Gasteiger charge is 2.68. The number of fused-ring (bicyclic) bond motifs is 11. The van der Waals surface area contributed by atoms with E-state index < -0.39 is 58.4 Å². The third-order valence-electron chi connectivity index (χ3n) is 14.2. The lowest BCUT2D eigenvalue weighted by Crippen LogP contribution is -2.77. The van der Waals surface area contributed by atoms with Crippen molar-refractivity contribution in [2.24, 2.45) is 11.3 Å². The number of aromatic amines is 1. The number of methoxy groups -OCH3 is 1. The number of likely N-dealkylation sites (N-methyl/N-ethyl adjacent to an activating group) is 1. The average molecular weight is 810 g/mol. The Kier molecular flexibility index (Phi) is 8.51. The number of ether oxygens (including phenoxy) is 5. The molecule has 2 unspecified atom stereocenters. The van der Waals surface area contributed by atoms with E-state index >= 15 is 4.79 Å². The minimum atomic E-state index is -1.42. The molecule has 8 aliphatic rings. The van der Waals surface area contributed by atoms with Crippen LogP contribution in [0.15, 0.2) is 47.4 Å². The first-order chi connectivity index (χ1) is 27.9. The van der Waals surface area contributed by atoms with E-state index in [-0.39, 0.29) is 43.5 Å². The number of allylic oxidation sites excluding steroid dienone is 2. The first-order valence-corrected chi connectivity index (χ1v) is 20.9. The predicted molar refractivity (Wildman–Crippen MR) is 212 cm³/mol. The van der Waals surface area contributed by atoms with E-state index in [0.29, 0.717) is 58.2 Å². The van der Waals surface area contributed by atoms with Crippen LogP contribution in [0.3, 0.4) is 0 Å². The maximum absolute atomic E-state index is 15.1. The molecule has 1 aromatic heterocycles. The van der Waals surface area contributed by atoms with Crippen LogP contribution >= 0.6 is 11.8 Å². The molecule has 1 spiro atoms. The average Bonchev–Trinajstić information content (AvgIpc) is 3.85. The van der Waals surface area contributed by atoms with Crippen LogP contribution < -0.4 is 19.5 Å². The van der Waals surface area contributed by atoms with E-state index in [1.54, 1.807) is 7.11 Å². The number of piperidine rings is 1. The first-order valence-electron chi connectivity index (χ1n) is 19.9. The number of piperazine rings is 1. The number of nitrogens with zero attached hydrogens (tertiary/aromatic N) is 3. The molecule has 10 atom stereocenters. The fourth-order valence-electron chi connectivity index (χ4n) is 11.8. The van der Waals surface area contributed by atoms with Crippen molar-refractivity contribution in [1.82, 2.24) is 20.1 Å². The highest BCUT2D eigenvalue weighted by molar-refractivity contribution is 7.99. The van der Waals surface area contributed by atoms with E-state index in [9.17, 15) is 20.3 Å². The predicted octanol–water partition coefficient (Wildman–Crippen LogP) is 4.57. The molecular formula is C43H47N5O9S. The zero-order valence-electron chi connectivity index (χ0n) is 33.3. The number of hydrogen-bond acceptors (Lipinski definition) is 14. The second kappa shape index (κ2) is 13.1. The van der Waals surface area contributed by atoms with Gasteiger partial charge in [0.1, 0.15) is 24.2 Å². The molecule has 3 fully saturated rings. The van der Waals surface area contributed by atoms with E-state index in [2.05, 4.69) is 39.2 Å². The van der Waals surface area contributed by atoms with Gasteiger partial charge in [0.25, 0.3) is 0 Å². The van der Waals surface area contributed by atoms with Gasteiger partial charge in [-0.25, -0.2) is 4.79 Å². The van der Waals surface area contributed by atoms with Crippen molar-refractivity contribution in [2.45, 2.75) is 87.6 Å². The summed E-state index contributed by atoms with van der Waals surface area (Å²) in [6.07, 6.45) is 3.26. The zero-order valence-corrected chi connectivity index (χ0v) is 34.1. The van der Waals surface area contributed by atoms with Crippen LogP contribution in [0.1, 0.15) is 66.4 Å². The number of hydrogen-bond donors (Lipinski definition) is 4. The van der Waals surface area contributed by atoms with Crippen LogP contribution in [0.25, 0.3) is 10.9 Å². The SMILES string of the molecule is COC1=C(O)C2(C)C3[C@@H]4[C@@H]5SC[C@]6(N[C@H](CO)Cc7c6[nH]c6ccccc76)C(=O)OC[C@@H](c6c7c(c(C)c(OC(C)=O)c65)OCO7)N4[C@@H](C#N)[C@H](C[C@@H]2C=C1C)N3C. The number of aliphatic hydroxyl groups excluding tert-OH is 2. The summed E-state index contributed by atoms with van der Waals surface area (Å²) in [5, 5.41) is 38.3. The Morgan fingerprint density at radius 2 is 1.95 bits per heavy atom. The van der Waals surface area contributed by atoms with E-state index in [0.717, 1.165) is 22.0 Å². The topological polar surface area (TPSA) is 179 Å². The molecule has 7 aliphatic heterocycles. The quantitative estimate of drug-likeness (QED) is 0.214. The summed E-state index contributed by atoms with van der Waals surface area (Å²) < 4.78 is 31.0. The number of para-hydroxylation sites is 1. The van der Waals surface area contributed by atoms with E-state index in [4.69, 9.17) is 23.7 Å². The second-order valence-corrected chi connectivity index (χ2v) is 18.1. The summed E-state index contributed by atoms with van der Waals surface area (Å²) in [5.74, 6) is 0.821. The Morgan fingerprint density at radius 1 is 1.17 bits per heavy atom. The number of aromatic nitrogens is 1. The minimum Gasteiger partial charge on any atom is -0.508 e. The number of thioether (sulfide) groups is 1. The lowest BCUT2D eigenvalue weighted by molar-refractivity contribution is -0.169. The van der Waals surface area contributed by atoms with Crippen LogP contribution in [0, 0.1) is 29.6 Å². The van der Waals surface area contributed by atoms with Gasteiger partial charge in [0.15, 0.2) is 22.8 Å². The number of aliphatic hydroxyl groups is 2. The lowest BCUT2D eigenvalue weighted by atomic mass is 9.56. The fraction of sp³-hybridized carbons (Fsp3) is 0.512. The highest BCUT2D eigenvalue weighted by atomic mass is 32.2. The van der Waals surface area contributed by atoms with Crippen LogP contribution in [0.4, 0.5) is 0 Å². The maximum Gasteiger partial charge on any atom is 0.333 e. The zero-order chi connectivity index (χ0) is 40.6. The Balaban J connectivity index is 1.25. The molecule has 3 aromatic rings. The van der Waals surface area contributed by atoms with E-state index in [1.165, 1.54) is 18.7 Å². The van der Waals surface area contributed by atoms with Gasteiger partial charge in [0.2, 0.25) is 6.79 Å². The summed E-state index contributed by atoms with van der Waals surface area (Å²) in [6, 6.07) is 7.53. The largest absolute Gasteiger partial charge is 0.508 e. The highest BCUT2D eigenvalue weighted by Crippen LogP contribution is 2.65. The third kappa shape index (κ3) is 4.80. The monoisotopic (exact) mass is 809 g/mol. The molecule has 58 heavy (non-hydrogen) atoms. The van der Waals surface area contributed by atoms with Crippen molar-refractivity contribution >= 4 is 34.6 Å². The van der Waals surface area contributed by atoms with Gasteiger partial charge in [0, 0.05) is 64.4 Å². The van der Waals surface area contributed by atoms with E-state index in [1.807, 2.05) is 45.2 Å². The van der Waals surface area contributed by atoms with Crippen molar-refractivity contribution in [3.05, 3.63) is 75.4 Å². The fourth-order valence-corrected chi connectivity index (χ4v) is 13.5. The Bertz CT molecular complexity index is 2410. The number of carbonyl (C=O) groups excluding carboxylic acids is 2. The number of benzene rings is 2. The smallest absolute Gasteiger partial charge is 0.333 e. The number of nitrogens with one attached hydrogen (secondary N) is 2. The molecule has 4 bridgehead atoms. The van der Waals surface area contributed by atoms with Gasteiger partial charge < -0.3 is 38.9 Å². The minimum absolute atomic E-state index is 0.0574. The van der Waals surface area contributed by atoms with Gasteiger partial charge in [-0.1, -0.05) is 31.2 Å². The number of carbonyl (C=O) groups is 2. The van der Waals surface area contributed by atoms with Crippen molar-refractivity contribution < 1.29 is 43.5 Å². The molecule has 3 saturated heterocycles. The Morgan fingerprint density at radius 3 is 2.69 bits per heavy atom. The van der Waals surface area contributed by atoms with Gasteiger partial charge in [-0.2, -0.15) is 5.26 Å². The Hall–Kier alpha value is -4.72. The molecular weight excluding hydrogens is 763 g/mol. The Labute approximate surface area is 340 Å². The molecule has 0 amide bonds. The number of esters is 2. The maximum atomic E-state index is 15.1. The molecule has 11 rings (SSSR count). The molecule has 15 heteroatoms. The molecule has 8 heterocycles. The van der Waals surface area contributed by atoms with Crippen LogP contribution in [-0.2, 0) is 31.0 Å². The van der Waals surface area contributed by atoms with Crippen molar-refractivity contribution in [2.75, 3.05) is 39.9 Å². The van der Waals surface area contributed by atoms with Gasteiger partial charge in [-0.3, -0.25) is 19.9 Å². The van der Waals surface area contributed by atoms with Crippen molar-refractivity contribution in [1.29, 1.82) is 5.26 Å². The summed E-state index contributed by atoms with van der Waals surface area (Å²) in [5.41, 5.74) is 2.99. The number of H-pyrrole nitrogens is 1. The molecule has 0 radical (unpaired) electrons. The normalized spacial score (nSPS) is 35.0. The molecule has 4 N–H and O–H groups in total. The summed E-state index contributed by atoms with van der Waals surface area (Å²) in [6.45, 7) is 6.80. The number of rotatable bonds is 3. The molecule has 2 aromatic carbocycles. The number of nitriles is 1. The van der Waals surface area contributed by atoms with Crippen molar-refractivity contribution in [3.8, 4) is 23.3 Å². The summed E-state index contributed by atoms with van der Waals surface area (Å²) >= 11 is 1.51. The van der Waals surface area contributed by atoms with Crippen LogP contribution in [-0.4, -0.2) is 107 Å². The summed E-state index contributed by atoms with van der Waals surface area (Å²) in [7, 11) is 3.60. The molecule has 0 saturated carbocycles. The van der Waals surface area contributed by atoms with Gasteiger partial charge in [0.05, 0.1) is 42.2 Å². The van der Waals surface area contributed by atoms with Gasteiger partial charge in [-0.05, 0) is 56.9 Å². The van der Waals surface area contributed by atoms with Crippen molar-refractivity contribution in [3.63, 3.8) is 0 Å². The van der Waals surface area contributed by atoms with Gasteiger partial charge >= 0.3 is 11.9 Å². The lowest BCUT2D eigenvalue weighted by Gasteiger charge is -2.67. The summed E-state index contributed by atoms with van der Waals surface area (Å²) in [4.78, 5) is 36.2. The standard InChI is InChI=1S/C43H47N5O9S/c1-19-11-22-12-27-28(14-44)48-29-16-54-41(52)43(38-25(13-23(15-49)46-43)24-9-7-8-10-26(24)45-38)17-58-37(32(48)39(47(27)5)42(22,4)40(51)33(19)53-6)31-30(29)36-35(55-18-56-36)20(2)34(31)57-21(3)50/h7-11,22-23,27-29,32,37,39,45-46,49,51H,12-13,15-18H2,1-6H3/t22-,23-,27-,28-,29-,32-,37+,39?,42?,43+/m0/s1. The second-order valence-electron chi connectivity index (χ2n) is 17.0. The first kappa shape index (κ1) is 37.5.